The van der Waals surface area contributed by atoms with Crippen LogP contribution in [0.25, 0.3) is 10.9 Å². The molecule has 0 unspecified atom stereocenters. The number of carboxylic acid groups (broad SMARTS) is 1. The summed E-state index contributed by atoms with van der Waals surface area (Å²) in [5.74, 6) is -0.468. The molecule has 3 aromatic rings. The highest BCUT2D eigenvalue weighted by atomic mass is 19.4. The Morgan fingerprint density at radius 3 is 2.60 bits per heavy atom. The van der Waals surface area contributed by atoms with Crippen molar-refractivity contribution in [2.24, 2.45) is 0 Å². The van der Waals surface area contributed by atoms with E-state index in [1.54, 1.807) is 6.20 Å². The first-order chi connectivity index (χ1) is 14.3. The Bertz CT molecular complexity index is 1030. The normalized spacial score (nSPS) is 17.1. The molecule has 1 saturated heterocycles. The molecule has 3 heterocycles. The molecule has 0 spiro atoms. The minimum absolute atomic E-state index is 0.458. The molecule has 0 amide bonds. The number of aliphatic carboxylic acids is 1. The number of H-pyrrole nitrogens is 1. The van der Waals surface area contributed by atoms with E-state index in [1.165, 1.54) is 6.07 Å². The van der Waals surface area contributed by atoms with Gasteiger partial charge in [0.1, 0.15) is 11.9 Å². The molecule has 1 aromatic carbocycles. The van der Waals surface area contributed by atoms with Crippen molar-refractivity contribution in [3.8, 4) is 0 Å². The molecule has 1 aliphatic rings. The van der Waals surface area contributed by atoms with E-state index in [0.29, 0.717) is 44.0 Å². The number of hydrogen-bond acceptors (Lipinski definition) is 4. The number of fused-ring (bicyclic) bond motifs is 1. The van der Waals surface area contributed by atoms with Crippen LogP contribution in [0.1, 0.15) is 23.6 Å². The molecule has 1 aliphatic heterocycles. The largest absolute Gasteiger partial charge is 0.480 e. The third-order valence-corrected chi connectivity index (χ3v) is 5.44. The lowest BCUT2D eigenvalue weighted by Crippen LogP contribution is -2.37. The third kappa shape index (κ3) is 3.97. The van der Waals surface area contributed by atoms with Crippen LogP contribution in [0.2, 0.25) is 0 Å². The van der Waals surface area contributed by atoms with Crippen LogP contribution in [0.15, 0.2) is 48.8 Å². The summed E-state index contributed by atoms with van der Waals surface area (Å²) in [7, 11) is 0. The number of benzene rings is 1. The summed E-state index contributed by atoms with van der Waals surface area (Å²) in [5, 5.41) is 10.8. The number of carbonyl (C=O) groups is 1. The van der Waals surface area contributed by atoms with Gasteiger partial charge in [0.05, 0.1) is 5.56 Å². The number of aromatic amines is 1. The molecule has 30 heavy (non-hydrogen) atoms. The van der Waals surface area contributed by atoms with Crippen molar-refractivity contribution >= 4 is 22.7 Å². The molecular formula is C21H21F3N4O2. The summed E-state index contributed by atoms with van der Waals surface area (Å²) < 4.78 is 38.3. The average Bonchev–Trinajstić information content (AvgIpc) is 2.97. The number of rotatable bonds is 4. The number of carboxylic acids is 1. The molecule has 158 valence electrons. The lowest BCUT2D eigenvalue weighted by atomic mass is 10.0. The quantitative estimate of drug-likeness (QED) is 0.672. The maximum absolute atomic E-state index is 12.8. The maximum atomic E-state index is 12.8. The van der Waals surface area contributed by atoms with Crippen LogP contribution in [0, 0.1) is 0 Å². The molecule has 9 heteroatoms. The van der Waals surface area contributed by atoms with Gasteiger partial charge in [0.15, 0.2) is 0 Å². The summed E-state index contributed by atoms with van der Waals surface area (Å²) in [4.78, 5) is 23.1. The summed E-state index contributed by atoms with van der Waals surface area (Å²) in [6, 6.07) is 9.15. The Labute approximate surface area is 170 Å². The number of para-hydroxylation sites is 1. The van der Waals surface area contributed by atoms with Crippen molar-refractivity contribution in [2.45, 2.75) is 18.6 Å². The average molecular weight is 418 g/mol. The molecule has 0 aliphatic carbocycles. The number of hydrogen-bond donors (Lipinski definition) is 2. The standard InChI is InChI=1S/C21H21F3N4O2/c22-21(23,24)14-6-7-18(26-12-14)27-8-3-9-28(11-10-27)19(20(29)30)16-13-25-17-5-2-1-4-15(16)17/h1-2,4-7,12-13,19,25H,3,8-11H2,(H,29,30)/t19-/m0/s1. The highest BCUT2D eigenvalue weighted by molar-refractivity contribution is 5.89. The van der Waals surface area contributed by atoms with Gasteiger partial charge in [0.25, 0.3) is 0 Å². The van der Waals surface area contributed by atoms with Gasteiger partial charge >= 0.3 is 12.1 Å². The van der Waals surface area contributed by atoms with E-state index in [4.69, 9.17) is 0 Å². The second-order valence-corrected chi connectivity index (χ2v) is 7.31. The lowest BCUT2D eigenvalue weighted by Gasteiger charge is -2.27. The van der Waals surface area contributed by atoms with Crippen molar-refractivity contribution in [3.63, 3.8) is 0 Å². The molecule has 0 radical (unpaired) electrons. The number of alkyl halides is 3. The van der Waals surface area contributed by atoms with Crippen LogP contribution < -0.4 is 4.90 Å². The zero-order chi connectivity index (χ0) is 21.3. The molecule has 2 aromatic heterocycles. The van der Waals surface area contributed by atoms with E-state index in [1.807, 2.05) is 34.1 Å². The van der Waals surface area contributed by atoms with Crippen molar-refractivity contribution in [1.29, 1.82) is 0 Å². The Morgan fingerprint density at radius 2 is 1.90 bits per heavy atom. The van der Waals surface area contributed by atoms with Gasteiger partial charge in [-0.2, -0.15) is 13.2 Å². The van der Waals surface area contributed by atoms with E-state index in [2.05, 4.69) is 9.97 Å². The predicted octanol–water partition coefficient (Wildman–Crippen LogP) is 3.92. The minimum atomic E-state index is -4.42. The Balaban J connectivity index is 1.53. The predicted molar refractivity (Wildman–Crippen MR) is 106 cm³/mol. The number of pyridine rings is 1. The molecule has 2 N–H and O–H groups in total. The Hall–Kier alpha value is -3.07. The summed E-state index contributed by atoms with van der Waals surface area (Å²) >= 11 is 0. The molecule has 6 nitrogen and oxygen atoms in total. The molecule has 0 saturated carbocycles. The molecule has 1 atom stereocenters. The fourth-order valence-corrected chi connectivity index (χ4v) is 3.97. The highest BCUT2D eigenvalue weighted by Crippen LogP contribution is 2.31. The van der Waals surface area contributed by atoms with Crippen LogP contribution >= 0.6 is 0 Å². The molecular weight excluding hydrogens is 397 g/mol. The van der Waals surface area contributed by atoms with Crippen LogP contribution in [0.4, 0.5) is 19.0 Å². The Kier molecular flexibility index (Phi) is 5.38. The van der Waals surface area contributed by atoms with E-state index < -0.39 is 23.8 Å². The summed E-state index contributed by atoms with van der Waals surface area (Å²) in [5.41, 5.74) is 0.802. The van der Waals surface area contributed by atoms with Gasteiger partial charge < -0.3 is 15.0 Å². The van der Waals surface area contributed by atoms with Gasteiger partial charge in [-0.3, -0.25) is 9.69 Å². The fourth-order valence-electron chi connectivity index (χ4n) is 3.97. The zero-order valence-corrected chi connectivity index (χ0v) is 16.1. The first-order valence-corrected chi connectivity index (χ1v) is 9.65. The third-order valence-electron chi connectivity index (χ3n) is 5.44. The minimum Gasteiger partial charge on any atom is -0.480 e. The van der Waals surface area contributed by atoms with Gasteiger partial charge in [-0.15, -0.1) is 0 Å². The van der Waals surface area contributed by atoms with Crippen LogP contribution in [0.5, 0.6) is 0 Å². The number of aromatic nitrogens is 2. The fraction of sp³-hybridized carbons (Fsp3) is 0.333. The second-order valence-electron chi connectivity index (χ2n) is 7.31. The van der Waals surface area contributed by atoms with Crippen LogP contribution in [-0.4, -0.2) is 52.1 Å². The molecule has 0 bridgehead atoms. The van der Waals surface area contributed by atoms with Gasteiger partial charge in [0, 0.05) is 55.0 Å². The van der Waals surface area contributed by atoms with Crippen LogP contribution in [-0.2, 0) is 11.0 Å². The smallest absolute Gasteiger partial charge is 0.417 e. The van der Waals surface area contributed by atoms with Gasteiger partial charge in [-0.25, -0.2) is 4.98 Å². The second kappa shape index (κ2) is 7.98. The number of halogens is 3. The highest BCUT2D eigenvalue weighted by Gasteiger charge is 2.32. The number of anilines is 1. The van der Waals surface area contributed by atoms with Crippen molar-refractivity contribution in [2.75, 3.05) is 31.1 Å². The summed E-state index contributed by atoms with van der Waals surface area (Å²) in [6.45, 7) is 2.09. The molecule has 4 rings (SSSR count). The van der Waals surface area contributed by atoms with Gasteiger partial charge in [-0.1, -0.05) is 18.2 Å². The first-order valence-electron chi connectivity index (χ1n) is 9.65. The van der Waals surface area contributed by atoms with Crippen molar-refractivity contribution in [1.82, 2.24) is 14.9 Å². The van der Waals surface area contributed by atoms with Crippen molar-refractivity contribution < 1.29 is 23.1 Å². The van der Waals surface area contributed by atoms with Gasteiger partial charge in [0.2, 0.25) is 0 Å². The maximum Gasteiger partial charge on any atom is 0.417 e. The van der Waals surface area contributed by atoms with E-state index in [0.717, 1.165) is 23.2 Å². The SMILES string of the molecule is O=C(O)[C@H](c1c[nH]c2ccccc12)N1CCCN(c2ccc(C(F)(F)F)cn2)CC1. The van der Waals surface area contributed by atoms with Gasteiger partial charge in [-0.05, 0) is 24.6 Å². The topological polar surface area (TPSA) is 72.5 Å². The van der Waals surface area contributed by atoms with Crippen molar-refractivity contribution in [3.05, 3.63) is 59.9 Å². The number of nitrogens with zero attached hydrogens (tertiary/aromatic N) is 3. The van der Waals surface area contributed by atoms with E-state index in [9.17, 15) is 23.1 Å². The van der Waals surface area contributed by atoms with Crippen LogP contribution in [0.3, 0.4) is 0 Å². The zero-order valence-electron chi connectivity index (χ0n) is 16.1. The first kappa shape index (κ1) is 20.2. The number of nitrogens with one attached hydrogen (secondary N) is 1. The lowest BCUT2D eigenvalue weighted by molar-refractivity contribution is -0.143. The van der Waals surface area contributed by atoms with E-state index in [-0.39, 0.29) is 0 Å². The van der Waals surface area contributed by atoms with E-state index >= 15 is 0 Å². The monoisotopic (exact) mass is 418 g/mol. The molecule has 1 fully saturated rings. The Morgan fingerprint density at radius 1 is 1.10 bits per heavy atom. The summed E-state index contributed by atoms with van der Waals surface area (Å²) in [6.07, 6.45) is -1.17.